The zero-order valence-corrected chi connectivity index (χ0v) is 15.9. The maximum absolute atomic E-state index is 12.0. The lowest BCUT2D eigenvalue weighted by molar-refractivity contribution is -0.118. The minimum Gasteiger partial charge on any atom is -0.355 e. The van der Waals surface area contributed by atoms with Crippen molar-refractivity contribution in [1.82, 2.24) is 5.32 Å². The molecule has 1 aliphatic carbocycles. The van der Waals surface area contributed by atoms with Crippen LogP contribution in [-0.2, 0) is 19.4 Å². The second-order valence-electron chi connectivity index (χ2n) is 6.65. The molecule has 0 aliphatic heterocycles. The fraction of sp³-hybridized carbons (Fsp3) is 0.474. The van der Waals surface area contributed by atoms with Gasteiger partial charge in [-0.15, -0.1) is 0 Å². The molecule has 1 aliphatic rings. The Morgan fingerprint density at radius 1 is 1.04 bits per heavy atom. The third kappa shape index (κ3) is 7.39. The molecule has 2 N–H and O–H groups in total. The molecule has 1 aromatic rings. The second kappa shape index (κ2) is 9.52. The quantitative estimate of drug-likeness (QED) is 0.679. The van der Waals surface area contributed by atoms with Gasteiger partial charge in [0.2, 0.25) is 11.8 Å². The fourth-order valence-electron chi connectivity index (χ4n) is 2.83. The number of carbonyl (C=O) groups is 2. The zero-order valence-electron chi connectivity index (χ0n) is 15.1. The van der Waals surface area contributed by atoms with E-state index < -0.39 is 33.2 Å². The number of allylic oxidation sites excluding steroid dienone is 1. The summed E-state index contributed by atoms with van der Waals surface area (Å²) in [6, 6.07) is 7.04. The first-order chi connectivity index (χ1) is 12.3. The summed E-state index contributed by atoms with van der Waals surface area (Å²) in [4.78, 5) is 23.7. The zero-order chi connectivity index (χ0) is 19.0. The highest BCUT2D eigenvalue weighted by molar-refractivity contribution is 7.92. The molecule has 0 atom stereocenters. The Labute approximate surface area is 155 Å². The Morgan fingerprint density at radius 3 is 2.38 bits per heavy atom. The van der Waals surface area contributed by atoms with Gasteiger partial charge in [0.1, 0.15) is 11.5 Å². The molecule has 142 valence electrons. The molecule has 0 fully saturated rings. The number of aryl methyl sites for hydroxylation is 1. The van der Waals surface area contributed by atoms with Crippen LogP contribution in [0.2, 0.25) is 0 Å². The van der Waals surface area contributed by atoms with E-state index in [4.69, 9.17) is 0 Å². The smallest absolute Gasteiger partial charge is 0.239 e. The highest BCUT2D eigenvalue weighted by atomic mass is 32.2. The van der Waals surface area contributed by atoms with Crippen LogP contribution in [-0.4, -0.2) is 38.3 Å². The highest BCUT2D eigenvalue weighted by Crippen LogP contribution is 2.19. The molecule has 0 bridgehead atoms. The summed E-state index contributed by atoms with van der Waals surface area (Å²) >= 11 is 0. The maximum Gasteiger partial charge on any atom is 0.239 e. The summed E-state index contributed by atoms with van der Waals surface area (Å²) in [6.45, 7) is 2.34. The first-order valence-corrected chi connectivity index (χ1v) is 10.7. The Morgan fingerprint density at radius 2 is 1.73 bits per heavy atom. The molecule has 0 unspecified atom stereocenters. The molecule has 2 amide bonds. The van der Waals surface area contributed by atoms with Crippen LogP contribution in [0.1, 0.15) is 37.7 Å². The van der Waals surface area contributed by atoms with Gasteiger partial charge >= 0.3 is 0 Å². The number of carbonyl (C=O) groups excluding carboxylic acids is 2. The molecular weight excluding hydrogens is 352 g/mol. The Hall–Kier alpha value is -2.15. The minimum atomic E-state index is -3.80. The van der Waals surface area contributed by atoms with Gasteiger partial charge in [-0.05, 0) is 51.2 Å². The minimum absolute atomic E-state index is 0.426. The molecule has 6 nitrogen and oxygen atoms in total. The van der Waals surface area contributed by atoms with Crippen molar-refractivity contribution in [1.29, 1.82) is 0 Å². The molecule has 0 heterocycles. The summed E-state index contributed by atoms with van der Waals surface area (Å²) in [5.41, 5.74) is 2.88. The third-order valence-electron chi connectivity index (χ3n) is 4.19. The van der Waals surface area contributed by atoms with Crippen molar-refractivity contribution in [3.63, 3.8) is 0 Å². The number of anilines is 1. The lowest BCUT2D eigenvalue weighted by Gasteiger charge is -2.13. The number of rotatable bonds is 8. The Kier molecular flexibility index (Phi) is 7.38. The Bertz CT molecular complexity index is 767. The van der Waals surface area contributed by atoms with Crippen molar-refractivity contribution >= 4 is 27.3 Å². The van der Waals surface area contributed by atoms with E-state index in [1.165, 1.54) is 18.4 Å². The SMILES string of the molecule is Cc1ccc(NC(=O)CS(=O)(=O)CC(=O)NCCC2=CCCCC2)cc1. The number of nitrogens with one attached hydrogen (secondary N) is 2. The monoisotopic (exact) mass is 378 g/mol. The van der Waals surface area contributed by atoms with Gasteiger partial charge < -0.3 is 10.6 Å². The van der Waals surface area contributed by atoms with Crippen LogP contribution in [0.25, 0.3) is 0 Å². The van der Waals surface area contributed by atoms with Gasteiger partial charge in [-0.2, -0.15) is 0 Å². The van der Waals surface area contributed by atoms with Crippen LogP contribution >= 0.6 is 0 Å². The number of sulfone groups is 1. The standard InChI is InChI=1S/C19H26N2O4S/c1-15-7-9-17(10-8-15)21-19(23)14-26(24,25)13-18(22)20-12-11-16-5-3-2-4-6-16/h5,7-10H,2-4,6,11-14H2,1H3,(H,20,22)(H,21,23). The van der Waals surface area contributed by atoms with Crippen molar-refractivity contribution in [3.8, 4) is 0 Å². The van der Waals surface area contributed by atoms with E-state index in [1.807, 2.05) is 19.1 Å². The molecule has 0 saturated heterocycles. The van der Waals surface area contributed by atoms with Gasteiger partial charge in [0.15, 0.2) is 9.84 Å². The summed E-state index contributed by atoms with van der Waals surface area (Å²) in [5.74, 6) is -2.59. The van der Waals surface area contributed by atoms with Crippen molar-refractivity contribution in [2.75, 3.05) is 23.4 Å². The first-order valence-electron chi connectivity index (χ1n) is 8.85. The molecule has 0 aromatic heterocycles. The average Bonchev–Trinajstić information content (AvgIpc) is 2.57. The van der Waals surface area contributed by atoms with E-state index in [0.29, 0.717) is 12.2 Å². The Balaban J connectivity index is 1.74. The lowest BCUT2D eigenvalue weighted by atomic mass is 9.97. The van der Waals surface area contributed by atoms with E-state index in [9.17, 15) is 18.0 Å². The van der Waals surface area contributed by atoms with Gasteiger partial charge in [0.05, 0.1) is 0 Å². The van der Waals surface area contributed by atoms with E-state index in [2.05, 4.69) is 16.7 Å². The number of hydrogen-bond acceptors (Lipinski definition) is 4. The van der Waals surface area contributed by atoms with Gasteiger partial charge in [-0.3, -0.25) is 9.59 Å². The van der Waals surface area contributed by atoms with Gasteiger partial charge in [0.25, 0.3) is 0 Å². The van der Waals surface area contributed by atoms with Gasteiger partial charge in [0, 0.05) is 12.2 Å². The van der Waals surface area contributed by atoms with Crippen LogP contribution < -0.4 is 10.6 Å². The molecule has 0 radical (unpaired) electrons. The molecular formula is C19H26N2O4S. The topological polar surface area (TPSA) is 92.3 Å². The van der Waals surface area contributed by atoms with Crippen molar-refractivity contribution in [2.45, 2.75) is 39.0 Å². The number of hydrogen-bond donors (Lipinski definition) is 2. The van der Waals surface area contributed by atoms with Crippen LogP contribution in [0.5, 0.6) is 0 Å². The summed E-state index contributed by atoms with van der Waals surface area (Å²) in [7, 11) is -3.80. The molecule has 7 heteroatoms. The number of benzene rings is 1. The van der Waals surface area contributed by atoms with E-state index in [0.717, 1.165) is 24.8 Å². The van der Waals surface area contributed by atoms with Crippen LogP contribution in [0.15, 0.2) is 35.9 Å². The lowest BCUT2D eigenvalue weighted by Crippen LogP contribution is -2.34. The van der Waals surface area contributed by atoms with Gasteiger partial charge in [-0.1, -0.05) is 29.3 Å². The van der Waals surface area contributed by atoms with Crippen LogP contribution in [0.3, 0.4) is 0 Å². The molecule has 26 heavy (non-hydrogen) atoms. The van der Waals surface area contributed by atoms with Crippen molar-refractivity contribution in [2.24, 2.45) is 0 Å². The van der Waals surface area contributed by atoms with Crippen LogP contribution in [0.4, 0.5) is 5.69 Å². The second-order valence-corrected chi connectivity index (χ2v) is 8.72. The molecule has 0 saturated carbocycles. The first kappa shape index (κ1) is 20.2. The summed E-state index contributed by atoms with van der Waals surface area (Å²) < 4.78 is 24.1. The fourth-order valence-corrected chi connectivity index (χ4v) is 3.90. The molecule has 0 spiro atoms. The van der Waals surface area contributed by atoms with E-state index in [1.54, 1.807) is 12.1 Å². The van der Waals surface area contributed by atoms with Crippen LogP contribution in [0, 0.1) is 6.92 Å². The molecule has 2 rings (SSSR count). The van der Waals surface area contributed by atoms with Gasteiger partial charge in [-0.25, -0.2) is 8.42 Å². The number of amides is 2. The third-order valence-corrected chi connectivity index (χ3v) is 5.59. The van der Waals surface area contributed by atoms with Crippen molar-refractivity contribution < 1.29 is 18.0 Å². The predicted octanol–water partition coefficient (Wildman–Crippen LogP) is 2.36. The van der Waals surface area contributed by atoms with Crippen molar-refractivity contribution in [3.05, 3.63) is 41.5 Å². The summed E-state index contributed by atoms with van der Waals surface area (Å²) in [6.07, 6.45) is 7.45. The maximum atomic E-state index is 12.0. The molecule has 1 aromatic carbocycles. The largest absolute Gasteiger partial charge is 0.355 e. The van der Waals surface area contributed by atoms with E-state index >= 15 is 0 Å². The highest BCUT2D eigenvalue weighted by Gasteiger charge is 2.21. The summed E-state index contributed by atoms with van der Waals surface area (Å²) in [5, 5.41) is 5.15. The van der Waals surface area contributed by atoms with E-state index in [-0.39, 0.29) is 0 Å². The predicted molar refractivity (Wildman–Crippen MR) is 103 cm³/mol. The normalized spacial score (nSPS) is 14.4. The average molecular weight is 378 g/mol.